The second kappa shape index (κ2) is 11.2. The summed E-state index contributed by atoms with van der Waals surface area (Å²) >= 11 is 0. The predicted octanol–water partition coefficient (Wildman–Crippen LogP) is 12.0. The van der Waals surface area contributed by atoms with Gasteiger partial charge in [-0.2, -0.15) is 0 Å². The minimum atomic E-state index is 0.546. The van der Waals surface area contributed by atoms with E-state index in [1.54, 1.807) is 0 Å². The second-order valence-electron chi connectivity index (χ2n) is 13.1. The van der Waals surface area contributed by atoms with Gasteiger partial charge >= 0.3 is 0 Å². The summed E-state index contributed by atoms with van der Waals surface area (Å²) in [6.45, 7) is 0. The Labute approximate surface area is 296 Å². The maximum atomic E-state index is 6.70. The van der Waals surface area contributed by atoms with Crippen molar-refractivity contribution in [3.05, 3.63) is 158 Å². The first-order valence-electron chi connectivity index (χ1n) is 17.2. The molecule has 7 aromatic carbocycles. The molecule has 242 valence electrons. The third kappa shape index (κ3) is 4.51. The number of rotatable bonds is 4. The van der Waals surface area contributed by atoms with Crippen molar-refractivity contribution in [3.63, 3.8) is 0 Å². The van der Waals surface area contributed by atoms with Gasteiger partial charge in [0.25, 0.3) is 0 Å². The van der Waals surface area contributed by atoms with Crippen molar-refractivity contribution in [3.8, 4) is 45.3 Å². The summed E-state index contributed by atoms with van der Waals surface area (Å²) in [5.74, 6) is 1.73. The molecule has 0 amide bonds. The van der Waals surface area contributed by atoms with Gasteiger partial charge in [-0.3, -0.25) is 4.98 Å². The normalized spacial score (nSPS) is 11.8. The van der Waals surface area contributed by atoms with Crippen molar-refractivity contribution in [2.45, 2.75) is 0 Å². The lowest BCUT2D eigenvalue weighted by Crippen LogP contribution is -2.00. The lowest BCUT2D eigenvalue weighted by Gasteiger charge is -2.11. The summed E-state index contributed by atoms with van der Waals surface area (Å²) in [6.07, 6.45) is 1.82. The third-order valence-electron chi connectivity index (χ3n) is 9.93. The molecule has 0 atom stereocenters. The molecule has 0 saturated carbocycles. The number of para-hydroxylation sites is 2. The smallest absolute Gasteiger partial charge is 0.164 e. The first-order valence-corrected chi connectivity index (χ1v) is 17.2. The SMILES string of the molecule is c1ccc(-c2nc(-c3ccc4ccccc4c3)nc(-c3cc(-c4cccc5c4oc4ccccc45)cc4oc5cc6cccnc6cc5c34)n2)cc1. The number of furan rings is 2. The van der Waals surface area contributed by atoms with Crippen LogP contribution in [0.5, 0.6) is 0 Å². The number of hydrogen-bond donors (Lipinski definition) is 0. The molecule has 6 heteroatoms. The van der Waals surface area contributed by atoms with E-state index in [1.165, 1.54) is 0 Å². The van der Waals surface area contributed by atoms with Gasteiger partial charge in [-0.15, -0.1) is 0 Å². The number of aromatic nitrogens is 4. The van der Waals surface area contributed by atoms with Gasteiger partial charge in [-0.05, 0) is 58.8 Å². The van der Waals surface area contributed by atoms with Gasteiger partial charge in [-0.25, -0.2) is 15.0 Å². The average molecular weight is 667 g/mol. The zero-order valence-electron chi connectivity index (χ0n) is 27.6. The van der Waals surface area contributed by atoms with Gasteiger partial charge in [0.1, 0.15) is 22.3 Å². The summed E-state index contributed by atoms with van der Waals surface area (Å²) in [4.78, 5) is 20.2. The van der Waals surface area contributed by atoms with Gasteiger partial charge in [-0.1, -0.05) is 109 Å². The molecule has 4 aromatic heterocycles. The predicted molar refractivity (Wildman–Crippen MR) is 209 cm³/mol. The maximum absolute atomic E-state index is 6.70. The lowest BCUT2D eigenvalue weighted by atomic mass is 9.96. The number of nitrogens with zero attached hydrogens (tertiary/aromatic N) is 4. The molecular formula is C46H26N4O2. The van der Waals surface area contributed by atoms with Crippen molar-refractivity contribution < 1.29 is 8.83 Å². The van der Waals surface area contributed by atoms with E-state index in [-0.39, 0.29) is 0 Å². The van der Waals surface area contributed by atoms with E-state index in [2.05, 4.69) is 96.0 Å². The molecule has 0 fully saturated rings. The molecule has 0 bridgehead atoms. The van der Waals surface area contributed by atoms with Crippen molar-refractivity contribution in [1.29, 1.82) is 0 Å². The Kier molecular flexibility index (Phi) is 6.15. The highest BCUT2D eigenvalue weighted by Gasteiger charge is 2.22. The van der Waals surface area contributed by atoms with Gasteiger partial charge in [0.05, 0.1) is 5.52 Å². The molecule has 0 unspecified atom stereocenters. The van der Waals surface area contributed by atoms with Crippen molar-refractivity contribution >= 4 is 65.6 Å². The Morgan fingerprint density at radius 1 is 0.385 bits per heavy atom. The molecule has 0 radical (unpaired) electrons. The molecule has 0 aliphatic heterocycles. The molecule has 4 heterocycles. The van der Waals surface area contributed by atoms with E-state index in [0.717, 1.165) is 93.4 Å². The Morgan fingerprint density at radius 2 is 1.15 bits per heavy atom. The van der Waals surface area contributed by atoms with Gasteiger partial charge in [0, 0.05) is 55.4 Å². The quantitative estimate of drug-likeness (QED) is 0.186. The number of benzene rings is 7. The van der Waals surface area contributed by atoms with E-state index >= 15 is 0 Å². The van der Waals surface area contributed by atoms with E-state index in [4.69, 9.17) is 23.8 Å². The van der Waals surface area contributed by atoms with E-state index in [1.807, 2.05) is 66.9 Å². The first kappa shape index (κ1) is 28.6. The highest BCUT2D eigenvalue weighted by Crippen LogP contribution is 2.43. The van der Waals surface area contributed by atoms with Gasteiger partial charge in [0.2, 0.25) is 0 Å². The highest BCUT2D eigenvalue weighted by atomic mass is 16.3. The largest absolute Gasteiger partial charge is 0.456 e. The zero-order valence-corrected chi connectivity index (χ0v) is 27.6. The Balaban J connectivity index is 1.23. The third-order valence-corrected chi connectivity index (χ3v) is 9.93. The van der Waals surface area contributed by atoms with Crippen LogP contribution in [-0.2, 0) is 0 Å². The summed E-state index contributed by atoms with van der Waals surface area (Å²) in [5.41, 5.74) is 8.57. The average Bonchev–Trinajstić information content (AvgIpc) is 3.77. The monoisotopic (exact) mass is 666 g/mol. The topological polar surface area (TPSA) is 77.8 Å². The second-order valence-corrected chi connectivity index (χ2v) is 13.1. The standard InChI is InChI=1S/C46H26N4O2/c1-2-11-28(12-3-1)44-48-45(31-20-19-27-10-4-5-13-29(27)22-31)50-46(49-44)37-23-32(33-16-8-17-35-34-15-6-7-18-39(34)52-43(33)35)25-41-42(37)36-26-38-30(14-9-21-47-38)24-40(36)51-41/h1-26H. The van der Waals surface area contributed by atoms with Crippen LogP contribution in [-0.4, -0.2) is 19.9 Å². The maximum Gasteiger partial charge on any atom is 0.164 e. The Bertz CT molecular complexity index is 3200. The Morgan fingerprint density at radius 3 is 2.08 bits per heavy atom. The molecular weight excluding hydrogens is 641 g/mol. The van der Waals surface area contributed by atoms with Crippen LogP contribution in [0.1, 0.15) is 0 Å². The van der Waals surface area contributed by atoms with E-state index < -0.39 is 0 Å². The fraction of sp³-hybridized carbons (Fsp3) is 0. The summed E-state index contributed by atoms with van der Waals surface area (Å²) in [6, 6.07) is 51.6. The van der Waals surface area contributed by atoms with Crippen LogP contribution in [0.25, 0.3) is 111 Å². The van der Waals surface area contributed by atoms with Crippen LogP contribution < -0.4 is 0 Å². The van der Waals surface area contributed by atoms with E-state index in [9.17, 15) is 0 Å². The highest BCUT2D eigenvalue weighted by molar-refractivity contribution is 6.17. The summed E-state index contributed by atoms with van der Waals surface area (Å²) < 4.78 is 13.2. The van der Waals surface area contributed by atoms with Crippen LogP contribution in [0.2, 0.25) is 0 Å². The summed E-state index contributed by atoms with van der Waals surface area (Å²) in [7, 11) is 0. The molecule has 0 aliphatic carbocycles. The van der Waals surface area contributed by atoms with Crippen molar-refractivity contribution in [1.82, 2.24) is 19.9 Å². The molecule has 0 saturated heterocycles. The first-order chi connectivity index (χ1) is 25.7. The van der Waals surface area contributed by atoms with Crippen molar-refractivity contribution in [2.24, 2.45) is 0 Å². The molecule has 11 rings (SSSR count). The minimum absolute atomic E-state index is 0.546. The lowest BCUT2D eigenvalue weighted by molar-refractivity contribution is 0.668. The summed E-state index contributed by atoms with van der Waals surface area (Å²) in [5, 5.41) is 7.27. The Hall–Kier alpha value is -7.18. The van der Waals surface area contributed by atoms with Crippen LogP contribution in [0, 0.1) is 0 Å². The van der Waals surface area contributed by atoms with Crippen LogP contribution in [0.3, 0.4) is 0 Å². The fourth-order valence-corrected chi connectivity index (χ4v) is 7.45. The van der Waals surface area contributed by atoms with Crippen LogP contribution in [0.15, 0.2) is 167 Å². The fourth-order valence-electron chi connectivity index (χ4n) is 7.45. The van der Waals surface area contributed by atoms with Crippen LogP contribution in [0.4, 0.5) is 0 Å². The number of hydrogen-bond acceptors (Lipinski definition) is 6. The molecule has 0 aliphatic rings. The molecule has 6 nitrogen and oxygen atoms in total. The number of fused-ring (bicyclic) bond motifs is 8. The molecule has 11 aromatic rings. The minimum Gasteiger partial charge on any atom is -0.456 e. The van der Waals surface area contributed by atoms with Crippen molar-refractivity contribution in [2.75, 3.05) is 0 Å². The van der Waals surface area contributed by atoms with Crippen LogP contribution >= 0.6 is 0 Å². The van der Waals surface area contributed by atoms with E-state index in [0.29, 0.717) is 17.5 Å². The molecule has 0 spiro atoms. The molecule has 0 N–H and O–H groups in total. The van der Waals surface area contributed by atoms with Gasteiger partial charge in [0.15, 0.2) is 17.5 Å². The number of pyridine rings is 1. The zero-order chi connectivity index (χ0) is 34.2. The molecule has 52 heavy (non-hydrogen) atoms. The van der Waals surface area contributed by atoms with Gasteiger partial charge < -0.3 is 8.83 Å².